The molecule has 0 unspecified atom stereocenters. The van der Waals surface area contributed by atoms with E-state index in [1.807, 2.05) is 44.2 Å². The summed E-state index contributed by atoms with van der Waals surface area (Å²) in [4.78, 5) is 17.7. The number of hydrogen-bond acceptors (Lipinski definition) is 11. The van der Waals surface area contributed by atoms with Gasteiger partial charge in [-0.3, -0.25) is 0 Å². The highest BCUT2D eigenvalue weighted by atomic mass is 16.5. The van der Waals surface area contributed by atoms with E-state index in [2.05, 4.69) is 35.7 Å². The second kappa shape index (κ2) is 8.82. The molecule has 0 aliphatic carbocycles. The lowest BCUT2D eigenvalue weighted by atomic mass is 9.80. The highest BCUT2D eigenvalue weighted by molar-refractivity contribution is 6.61. The van der Waals surface area contributed by atoms with Gasteiger partial charge in [-0.05, 0) is 25.5 Å². The fourth-order valence-corrected chi connectivity index (χ4v) is 3.82. The third kappa shape index (κ3) is 4.21. The van der Waals surface area contributed by atoms with Crippen LogP contribution in [0.15, 0.2) is 59.5 Å². The fraction of sp³-hybridized carbons (Fsp3) is 0.227. The van der Waals surface area contributed by atoms with Crippen molar-refractivity contribution in [2.45, 2.75) is 25.5 Å². The molecule has 0 saturated carbocycles. The van der Waals surface area contributed by atoms with Gasteiger partial charge in [-0.2, -0.15) is 9.97 Å². The normalized spacial score (nSPS) is 15.1. The molecule has 4 aromatic rings. The average Bonchev–Trinajstić information content (AvgIpc) is 3.44. The maximum Gasteiger partial charge on any atom is 0.493 e. The number of pyridine rings is 1. The van der Waals surface area contributed by atoms with Crippen LogP contribution in [0.4, 0.5) is 17.6 Å². The number of aromatic nitrogens is 5. The molecule has 0 amide bonds. The average molecular weight is 459 g/mol. The predicted molar refractivity (Wildman–Crippen MR) is 124 cm³/mol. The van der Waals surface area contributed by atoms with Gasteiger partial charge in [-0.15, -0.1) is 0 Å². The lowest BCUT2D eigenvalue weighted by Gasteiger charge is -2.20. The highest BCUT2D eigenvalue weighted by Gasteiger charge is 2.42. The van der Waals surface area contributed by atoms with E-state index in [0.29, 0.717) is 28.4 Å². The van der Waals surface area contributed by atoms with Gasteiger partial charge in [-0.1, -0.05) is 41.6 Å². The number of aliphatic hydroxyl groups is 1. The zero-order valence-corrected chi connectivity index (χ0v) is 18.5. The molecule has 1 aromatic carbocycles. The predicted octanol–water partition coefficient (Wildman–Crippen LogP) is 1.76. The first-order valence-corrected chi connectivity index (χ1v) is 10.7. The molecule has 172 valence electrons. The van der Waals surface area contributed by atoms with E-state index < -0.39 is 18.8 Å². The number of nitrogens with one attached hydrogen (secondary N) is 2. The molecule has 5 rings (SSSR count). The van der Waals surface area contributed by atoms with Crippen molar-refractivity contribution >= 4 is 30.2 Å². The van der Waals surface area contributed by atoms with Crippen LogP contribution in [0, 0.1) is 0 Å². The summed E-state index contributed by atoms with van der Waals surface area (Å²) in [6.45, 7) is 3.52. The summed E-state index contributed by atoms with van der Waals surface area (Å²) < 4.78 is 10.8. The van der Waals surface area contributed by atoms with Gasteiger partial charge in [0.1, 0.15) is 17.2 Å². The van der Waals surface area contributed by atoms with Gasteiger partial charge in [0.25, 0.3) is 5.89 Å². The third-order valence-corrected chi connectivity index (χ3v) is 5.48. The van der Waals surface area contributed by atoms with E-state index in [-0.39, 0.29) is 18.4 Å². The van der Waals surface area contributed by atoms with Crippen molar-refractivity contribution in [3.05, 3.63) is 66.2 Å². The maximum atomic E-state index is 10.1. The molecular weight excluding hydrogens is 437 g/mol. The zero-order valence-electron chi connectivity index (χ0n) is 18.5. The number of anilines is 3. The van der Waals surface area contributed by atoms with E-state index in [9.17, 15) is 10.1 Å². The van der Waals surface area contributed by atoms with Gasteiger partial charge in [0, 0.05) is 11.7 Å². The Balaban J connectivity index is 1.48. The molecule has 0 radical (unpaired) electrons. The smallest absolute Gasteiger partial charge is 0.423 e. The standard InChI is InChI=1S/C22H22BN7O4/c1-22(2)18-15(23(32)34-22)8-9-17(28-18)29-21-24-10-14(20-25-12-26-33-20)19(30-21)27-16(11-31)13-6-4-3-5-7-13/h3-10,12,16,31-32H,11H2,1-2H3,(H2,24,27,28,29,30)/t16-/m1/s1. The molecular formula is C22H22BN7O4. The number of hydrogen-bond donors (Lipinski definition) is 4. The Morgan fingerprint density at radius 3 is 2.65 bits per heavy atom. The molecule has 1 aliphatic heterocycles. The first-order valence-electron chi connectivity index (χ1n) is 10.7. The van der Waals surface area contributed by atoms with Crippen molar-refractivity contribution in [1.29, 1.82) is 0 Å². The number of rotatable bonds is 7. The number of nitrogens with zero attached hydrogens (tertiary/aromatic N) is 5. The number of aliphatic hydroxyl groups excluding tert-OH is 1. The molecule has 1 aliphatic rings. The lowest BCUT2D eigenvalue weighted by Crippen LogP contribution is -2.28. The lowest BCUT2D eigenvalue weighted by molar-refractivity contribution is 0.0970. The van der Waals surface area contributed by atoms with Crippen molar-refractivity contribution in [2.75, 3.05) is 17.2 Å². The minimum absolute atomic E-state index is 0.163. The van der Waals surface area contributed by atoms with E-state index in [4.69, 9.17) is 9.18 Å². The number of fused-ring (bicyclic) bond motifs is 1. The summed E-state index contributed by atoms with van der Waals surface area (Å²) in [5, 5.41) is 30.1. The van der Waals surface area contributed by atoms with Crippen molar-refractivity contribution in [3.8, 4) is 11.5 Å². The Bertz CT molecular complexity index is 1290. The summed E-state index contributed by atoms with van der Waals surface area (Å²) in [6.07, 6.45) is 2.84. The summed E-state index contributed by atoms with van der Waals surface area (Å²) in [5.41, 5.74) is 1.90. The first kappa shape index (κ1) is 22.0. The Labute approximate surface area is 195 Å². The topological polar surface area (TPSA) is 151 Å². The summed E-state index contributed by atoms with van der Waals surface area (Å²) in [7, 11) is -1.01. The molecule has 0 spiro atoms. The molecule has 34 heavy (non-hydrogen) atoms. The van der Waals surface area contributed by atoms with E-state index in [1.165, 1.54) is 6.33 Å². The van der Waals surface area contributed by atoms with Crippen molar-refractivity contribution in [1.82, 2.24) is 25.1 Å². The Morgan fingerprint density at radius 1 is 1.09 bits per heavy atom. The quantitative estimate of drug-likeness (QED) is 0.299. The Morgan fingerprint density at radius 2 is 1.91 bits per heavy atom. The van der Waals surface area contributed by atoms with Crippen LogP contribution in [0.3, 0.4) is 0 Å². The molecule has 4 heterocycles. The van der Waals surface area contributed by atoms with Crippen molar-refractivity contribution < 1.29 is 19.3 Å². The molecule has 3 aromatic heterocycles. The third-order valence-electron chi connectivity index (χ3n) is 5.48. The largest absolute Gasteiger partial charge is 0.493 e. The SMILES string of the molecule is CC1(C)OB(O)c2ccc(Nc3ncc(-c4ncno4)c(N[C@H](CO)c4ccccc4)n3)nc21. The molecule has 0 bridgehead atoms. The van der Waals surface area contributed by atoms with Gasteiger partial charge >= 0.3 is 7.12 Å². The fourth-order valence-electron chi connectivity index (χ4n) is 3.82. The van der Waals surface area contributed by atoms with Crippen LogP contribution < -0.4 is 16.1 Å². The first-order chi connectivity index (χ1) is 16.4. The molecule has 12 heteroatoms. The van der Waals surface area contributed by atoms with Gasteiger partial charge in [0.2, 0.25) is 5.95 Å². The monoisotopic (exact) mass is 459 g/mol. The van der Waals surface area contributed by atoms with Gasteiger partial charge in [-0.25, -0.2) is 9.97 Å². The maximum absolute atomic E-state index is 10.1. The van der Waals surface area contributed by atoms with E-state index in [1.54, 1.807) is 18.3 Å². The van der Waals surface area contributed by atoms with Crippen LogP contribution in [-0.2, 0) is 10.3 Å². The molecule has 11 nitrogen and oxygen atoms in total. The summed E-state index contributed by atoms with van der Waals surface area (Å²) >= 11 is 0. The van der Waals surface area contributed by atoms with Crippen LogP contribution in [0.25, 0.3) is 11.5 Å². The van der Waals surface area contributed by atoms with Gasteiger partial charge in [0.15, 0.2) is 6.33 Å². The van der Waals surface area contributed by atoms with Crippen LogP contribution in [-0.4, -0.2) is 48.9 Å². The minimum Gasteiger partial charge on any atom is -0.423 e. The van der Waals surface area contributed by atoms with Crippen molar-refractivity contribution in [3.63, 3.8) is 0 Å². The second-order valence-electron chi connectivity index (χ2n) is 8.23. The zero-order chi connectivity index (χ0) is 23.7. The Hall–Kier alpha value is -3.87. The molecule has 4 N–H and O–H groups in total. The molecule has 1 atom stereocenters. The minimum atomic E-state index is -1.01. The van der Waals surface area contributed by atoms with Crippen molar-refractivity contribution in [2.24, 2.45) is 0 Å². The van der Waals surface area contributed by atoms with Gasteiger partial charge in [0.05, 0.1) is 23.9 Å². The van der Waals surface area contributed by atoms with Crippen LogP contribution >= 0.6 is 0 Å². The second-order valence-corrected chi connectivity index (χ2v) is 8.23. The van der Waals surface area contributed by atoms with E-state index in [0.717, 1.165) is 5.56 Å². The molecule has 0 fully saturated rings. The van der Waals surface area contributed by atoms with Gasteiger partial charge < -0.3 is 29.9 Å². The van der Waals surface area contributed by atoms with Crippen LogP contribution in [0.1, 0.15) is 31.1 Å². The number of benzene rings is 1. The van der Waals surface area contributed by atoms with E-state index >= 15 is 0 Å². The Kier molecular flexibility index (Phi) is 5.69. The summed E-state index contributed by atoms with van der Waals surface area (Å²) in [5.74, 6) is 1.38. The highest BCUT2D eigenvalue weighted by Crippen LogP contribution is 2.31. The van der Waals surface area contributed by atoms with Crippen LogP contribution in [0.2, 0.25) is 0 Å². The summed E-state index contributed by atoms with van der Waals surface area (Å²) in [6, 6.07) is 12.6. The molecule has 0 saturated heterocycles. The van der Waals surface area contributed by atoms with Crippen LogP contribution in [0.5, 0.6) is 0 Å².